The van der Waals surface area contributed by atoms with Crippen molar-refractivity contribution >= 4 is 29.4 Å². The van der Waals surface area contributed by atoms with E-state index in [2.05, 4.69) is 0 Å². The molecule has 2 rings (SSSR count). The SMILES string of the molecule is NC(=O)N1CC(CSc2ccc(Cl)cc2)C1. The number of primary amides is 1. The Morgan fingerprint density at radius 2 is 2.06 bits per heavy atom. The molecule has 0 atom stereocenters. The zero-order chi connectivity index (χ0) is 11.5. The van der Waals surface area contributed by atoms with Crippen molar-refractivity contribution in [3.05, 3.63) is 29.3 Å². The molecule has 1 aromatic rings. The van der Waals surface area contributed by atoms with E-state index >= 15 is 0 Å². The molecule has 3 nitrogen and oxygen atoms in total. The fourth-order valence-electron chi connectivity index (χ4n) is 1.60. The van der Waals surface area contributed by atoms with Crippen LogP contribution in [0.25, 0.3) is 0 Å². The first-order valence-corrected chi connectivity index (χ1v) is 6.44. The average molecular weight is 257 g/mol. The summed E-state index contributed by atoms with van der Waals surface area (Å²) >= 11 is 7.59. The Kier molecular flexibility index (Phi) is 3.61. The number of carbonyl (C=O) groups excluding carboxylic acids is 1. The summed E-state index contributed by atoms with van der Waals surface area (Å²) in [6, 6.07) is 7.49. The molecule has 1 aliphatic rings. The van der Waals surface area contributed by atoms with Gasteiger partial charge in [0, 0.05) is 34.7 Å². The lowest BCUT2D eigenvalue weighted by Crippen LogP contribution is -2.53. The molecule has 1 heterocycles. The molecule has 16 heavy (non-hydrogen) atoms. The van der Waals surface area contributed by atoms with E-state index in [0.717, 1.165) is 23.9 Å². The van der Waals surface area contributed by atoms with Crippen LogP contribution in [0.3, 0.4) is 0 Å². The van der Waals surface area contributed by atoms with Gasteiger partial charge in [-0.25, -0.2) is 4.79 Å². The molecule has 0 aliphatic carbocycles. The Morgan fingerprint density at radius 1 is 1.44 bits per heavy atom. The normalized spacial score (nSPS) is 15.9. The number of amides is 2. The molecular formula is C11H13ClN2OS. The van der Waals surface area contributed by atoms with Gasteiger partial charge in [0.1, 0.15) is 0 Å². The number of benzene rings is 1. The highest BCUT2D eigenvalue weighted by Gasteiger charge is 2.28. The fraction of sp³-hybridized carbons (Fsp3) is 0.364. The number of hydrogen-bond donors (Lipinski definition) is 1. The van der Waals surface area contributed by atoms with Crippen LogP contribution in [0, 0.1) is 5.92 Å². The van der Waals surface area contributed by atoms with Crippen molar-refractivity contribution in [3.8, 4) is 0 Å². The molecule has 2 amide bonds. The number of likely N-dealkylation sites (tertiary alicyclic amines) is 1. The van der Waals surface area contributed by atoms with Crippen LogP contribution >= 0.6 is 23.4 Å². The number of nitrogens with two attached hydrogens (primary N) is 1. The summed E-state index contributed by atoms with van der Waals surface area (Å²) in [4.78, 5) is 13.6. The molecule has 1 fully saturated rings. The van der Waals surface area contributed by atoms with Gasteiger partial charge >= 0.3 is 6.03 Å². The Labute approximate surface area is 104 Å². The van der Waals surface area contributed by atoms with Crippen molar-refractivity contribution < 1.29 is 4.79 Å². The summed E-state index contributed by atoms with van der Waals surface area (Å²) in [6.07, 6.45) is 0. The Bertz CT molecular complexity index is 376. The van der Waals surface area contributed by atoms with Crippen LogP contribution in [0.5, 0.6) is 0 Å². The quantitative estimate of drug-likeness (QED) is 0.845. The maximum atomic E-state index is 10.8. The number of rotatable bonds is 3. The molecular weight excluding hydrogens is 244 g/mol. The maximum absolute atomic E-state index is 10.8. The summed E-state index contributed by atoms with van der Waals surface area (Å²) in [7, 11) is 0. The molecule has 1 aromatic carbocycles. The van der Waals surface area contributed by atoms with Crippen LogP contribution in [-0.2, 0) is 0 Å². The van der Waals surface area contributed by atoms with Crippen LogP contribution < -0.4 is 5.73 Å². The Hall–Kier alpha value is -0.870. The standard InChI is InChI=1S/C11H13ClN2OS/c12-9-1-3-10(4-2-9)16-7-8-5-14(6-8)11(13)15/h1-4,8H,5-7H2,(H2,13,15). The molecule has 0 aromatic heterocycles. The number of nitrogens with zero attached hydrogens (tertiary/aromatic N) is 1. The van der Waals surface area contributed by atoms with E-state index in [1.54, 1.807) is 16.7 Å². The zero-order valence-electron chi connectivity index (χ0n) is 8.73. The Morgan fingerprint density at radius 3 is 2.62 bits per heavy atom. The second-order valence-electron chi connectivity index (χ2n) is 3.87. The number of carbonyl (C=O) groups is 1. The molecule has 2 N–H and O–H groups in total. The van der Waals surface area contributed by atoms with E-state index in [1.807, 2.05) is 24.3 Å². The summed E-state index contributed by atoms with van der Waals surface area (Å²) < 4.78 is 0. The summed E-state index contributed by atoms with van der Waals surface area (Å²) in [5, 5.41) is 0.757. The lowest BCUT2D eigenvalue weighted by Gasteiger charge is -2.37. The lowest BCUT2D eigenvalue weighted by molar-refractivity contribution is 0.139. The van der Waals surface area contributed by atoms with Crippen molar-refractivity contribution in [2.24, 2.45) is 11.7 Å². The van der Waals surface area contributed by atoms with Crippen LogP contribution in [0.2, 0.25) is 5.02 Å². The summed E-state index contributed by atoms with van der Waals surface area (Å²) in [5.74, 6) is 1.58. The molecule has 0 radical (unpaired) electrons. The molecule has 0 spiro atoms. The fourth-order valence-corrected chi connectivity index (χ4v) is 2.69. The van der Waals surface area contributed by atoms with Gasteiger partial charge < -0.3 is 10.6 Å². The zero-order valence-corrected chi connectivity index (χ0v) is 10.3. The van der Waals surface area contributed by atoms with Gasteiger partial charge in [0.05, 0.1) is 0 Å². The second-order valence-corrected chi connectivity index (χ2v) is 5.40. The smallest absolute Gasteiger partial charge is 0.314 e. The largest absolute Gasteiger partial charge is 0.351 e. The third-order valence-corrected chi connectivity index (χ3v) is 4.06. The van der Waals surface area contributed by atoms with Gasteiger partial charge in [-0.2, -0.15) is 0 Å². The number of thioether (sulfide) groups is 1. The molecule has 86 valence electrons. The van der Waals surface area contributed by atoms with Gasteiger partial charge in [-0.3, -0.25) is 0 Å². The van der Waals surface area contributed by atoms with Crippen LogP contribution in [-0.4, -0.2) is 29.8 Å². The first kappa shape index (κ1) is 11.6. The van der Waals surface area contributed by atoms with Crippen molar-refractivity contribution in [1.29, 1.82) is 0 Å². The summed E-state index contributed by atoms with van der Waals surface area (Å²) in [5.41, 5.74) is 5.15. The molecule has 5 heteroatoms. The number of halogens is 1. The number of hydrogen-bond acceptors (Lipinski definition) is 2. The lowest BCUT2D eigenvalue weighted by atomic mass is 10.0. The van der Waals surface area contributed by atoms with Gasteiger partial charge in [-0.05, 0) is 24.3 Å². The van der Waals surface area contributed by atoms with Gasteiger partial charge in [0.15, 0.2) is 0 Å². The van der Waals surface area contributed by atoms with Crippen molar-refractivity contribution in [2.75, 3.05) is 18.8 Å². The predicted molar refractivity (Wildman–Crippen MR) is 66.8 cm³/mol. The minimum absolute atomic E-state index is 0.312. The highest BCUT2D eigenvalue weighted by atomic mass is 35.5. The van der Waals surface area contributed by atoms with Gasteiger partial charge in [-0.1, -0.05) is 11.6 Å². The first-order chi connectivity index (χ1) is 7.65. The second kappa shape index (κ2) is 4.97. The van der Waals surface area contributed by atoms with E-state index in [9.17, 15) is 4.79 Å². The molecule has 0 saturated carbocycles. The highest BCUT2D eigenvalue weighted by Crippen LogP contribution is 2.26. The van der Waals surface area contributed by atoms with Crippen LogP contribution in [0.15, 0.2) is 29.2 Å². The van der Waals surface area contributed by atoms with E-state index in [4.69, 9.17) is 17.3 Å². The highest BCUT2D eigenvalue weighted by molar-refractivity contribution is 7.99. The predicted octanol–water partition coefficient (Wildman–Crippen LogP) is 2.44. The van der Waals surface area contributed by atoms with E-state index in [-0.39, 0.29) is 6.03 Å². The van der Waals surface area contributed by atoms with E-state index in [1.165, 1.54) is 4.90 Å². The first-order valence-electron chi connectivity index (χ1n) is 5.08. The van der Waals surface area contributed by atoms with E-state index in [0.29, 0.717) is 5.92 Å². The van der Waals surface area contributed by atoms with Crippen molar-refractivity contribution in [1.82, 2.24) is 4.90 Å². The molecule has 0 unspecified atom stereocenters. The van der Waals surface area contributed by atoms with Gasteiger partial charge in [0.25, 0.3) is 0 Å². The molecule has 0 bridgehead atoms. The summed E-state index contributed by atoms with van der Waals surface area (Å²) in [6.45, 7) is 1.58. The average Bonchev–Trinajstić information content (AvgIpc) is 2.18. The van der Waals surface area contributed by atoms with Crippen LogP contribution in [0.1, 0.15) is 0 Å². The minimum atomic E-state index is -0.312. The Balaban J connectivity index is 1.73. The minimum Gasteiger partial charge on any atom is -0.351 e. The van der Waals surface area contributed by atoms with Crippen molar-refractivity contribution in [2.45, 2.75) is 4.90 Å². The third kappa shape index (κ3) is 2.83. The maximum Gasteiger partial charge on any atom is 0.314 e. The number of urea groups is 1. The van der Waals surface area contributed by atoms with Gasteiger partial charge in [0.2, 0.25) is 0 Å². The monoisotopic (exact) mass is 256 g/mol. The van der Waals surface area contributed by atoms with Crippen LogP contribution in [0.4, 0.5) is 4.79 Å². The topological polar surface area (TPSA) is 46.3 Å². The molecule has 1 saturated heterocycles. The van der Waals surface area contributed by atoms with E-state index < -0.39 is 0 Å². The van der Waals surface area contributed by atoms with Gasteiger partial charge in [-0.15, -0.1) is 11.8 Å². The van der Waals surface area contributed by atoms with Crippen molar-refractivity contribution in [3.63, 3.8) is 0 Å². The third-order valence-electron chi connectivity index (χ3n) is 2.57. The molecule has 1 aliphatic heterocycles.